The summed E-state index contributed by atoms with van der Waals surface area (Å²) < 4.78 is 0. The molecule has 0 aliphatic rings. The number of amides is 1. The summed E-state index contributed by atoms with van der Waals surface area (Å²) in [5.41, 5.74) is 1.62. The van der Waals surface area contributed by atoms with Gasteiger partial charge in [0.25, 0.3) is 0 Å². The molecule has 0 aliphatic heterocycles. The number of carbonyl (C=O) groups is 1. The maximum Gasteiger partial charge on any atom is 0.221 e. The molecule has 0 fully saturated rings. The summed E-state index contributed by atoms with van der Waals surface area (Å²) in [5.74, 6) is 0.559. The van der Waals surface area contributed by atoms with E-state index in [1.807, 2.05) is 12.1 Å². The molecule has 4 heteroatoms. The lowest BCUT2D eigenvalue weighted by Gasteiger charge is -2.10. The Balaban J connectivity index is 2.59. The molecular weight excluding hydrogens is 236 g/mol. The maximum atomic E-state index is 10.9. The van der Waals surface area contributed by atoms with Gasteiger partial charge in [0.05, 0.1) is 10.7 Å². The van der Waals surface area contributed by atoms with E-state index in [9.17, 15) is 4.79 Å². The molecule has 0 atom stereocenters. The highest BCUT2D eigenvalue weighted by Gasteiger charge is 2.03. The molecule has 94 valence electrons. The largest absolute Gasteiger partial charge is 0.385 e. The van der Waals surface area contributed by atoms with Crippen molar-refractivity contribution in [1.29, 1.82) is 0 Å². The first-order chi connectivity index (χ1) is 7.99. The van der Waals surface area contributed by atoms with Gasteiger partial charge in [-0.25, -0.2) is 0 Å². The van der Waals surface area contributed by atoms with Crippen molar-refractivity contribution in [3.63, 3.8) is 0 Å². The van der Waals surface area contributed by atoms with Gasteiger partial charge in [0.2, 0.25) is 5.91 Å². The van der Waals surface area contributed by atoms with E-state index in [-0.39, 0.29) is 5.91 Å². The topological polar surface area (TPSA) is 41.1 Å². The lowest BCUT2D eigenvalue weighted by molar-refractivity contribution is -0.114. The number of benzene rings is 1. The van der Waals surface area contributed by atoms with Crippen LogP contribution in [0.4, 0.5) is 11.4 Å². The SMILES string of the molecule is CC(=O)Nc1ccc(NCCC(C)C)cc1Cl. The number of carbonyl (C=O) groups excluding carboxylic acids is 1. The van der Waals surface area contributed by atoms with Crippen LogP contribution in [0.5, 0.6) is 0 Å². The van der Waals surface area contributed by atoms with Crippen molar-refractivity contribution in [3.8, 4) is 0 Å². The van der Waals surface area contributed by atoms with Gasteiger partial charge in [0, 0.05) is 19.2 Å². The second kappa shape index (κ2) is 6.50. The van der Waals surface area contributed by atoms with Crippen LogP contribution in [-0.2, 0) is 4.79 Å². The summed E-state index contributed by atoms with van der Waals surface area (Å²) in [6, 6.07) is 5.55. The van der Waals surface area contributed by atoms with E-state index in [2.05, 4.69) is 24.5 Å². The van der Waals surface area contributed by atoms with Crippen LogP contribution < -0.4 is 10.6 Å². The third kappa shape index (κ3) is 5.09. The molecule has 0 saturated heterocycles. The monoisotopic (exact) mass is 254 g/mol. The summed E-state index contributed by atoms with van der Waals surface area (Å²) in [6.45, 7) is 6.77. The first kappa shape index (κ1) is 13.8. The van der Waals surface area contributed by atoms with Crippen LogP contribution in [0.1, 0.15) is 27.2 Å². The minimum atomic E-state index is -0.118. The minimum Gasteiger partial charge on any atom is -0.385 e. The molecule has 2 N–H and O–H groups in total. The van der Waals surface area contributed by atoms with Gasteiger partial charge in [-0.1, -0.05) is 25.4 Å². The highest BCUT2D eigenvalue weighted by atomic mass is 35.5. The van der Waals surface area contributed by atoms with Gasteiger partial charge in [-0.15, -0.1) is 0 Å². The second-order valence-electron chi connectivity index (χ2n) is 4.49. The molecular formula is C13H19ClN2O. The molecule has 3 nitrogen and oxygen atoms in total. The normalized spacial score (nSPS) is 10.4. The zero-order chi connectivity index (χ0) is 12.8. The van der Waals surface area contributed by atoms with E-state index in [4.69, 9.17) is 11.6 Å². The van der Waals surface area contributed by atoms with Crippen LogP contribution in [0, 0.1) is 5.92 Å². The lowest BCUT2D eigenvalue weighted by atomic mass is 10.1. The fourth-order valence-corrected chi connectivity index (χ4v) is 1.65. The van der Waals surface area contributed by atoms with E-state index in [0.717, 1.165) is 18.7 Å². The van der Waals surface area contributed by atoms with E-state index in [0.29, 0.717) is 16.6 Å². The fourth-order valence-electron chi connectivity index (χ4n) is 1.42. The number of rotatable bonds is 5. The average molecular weight is 255 g/mol. The smallest absolute Gasteiger partial charge is 0.221 e. The van der Waals surface area contributed by atoms with Crippen molar-refractivity contribution >= 4 is 28.9 Å². The van der Waals surface area contributed by atoms with Crippen LogP contribution in [0.2, 0.25) is 5.02 Å². The van der Waals surface area contributed by atoms with Crippen LogP contribution in [0.25, 0.3) is 0 Å². The Bertz CT molecular complexity index is 391. The maximum absolute atomic E-state index is 10.9. The summed E-state index contributed by atoms with van der Waals surface area (Å²) >= 11 is 6.06. The van der Waals surface area contributed by atoms with Crippen molar-refractivity contribution in [2.24, 2.45) is 5.92 Å². The van der Waals surface area contributed by atoms with E-state index in [1.165, 1.54) is 6.92 Å². The van der Waals surface area contributed by atoms with E-state index >= 15 is 0 Å². The second-order valence-corrected chi connectivity index (χ2v) is 4.89. The van der Waals surface area contributed by atoms with Crippen molar-refractivity contribution < 1.29 is 4.79 Å². The number of halogens is 1. The van der Waals surface area contributed by atoms with Gasteiger partial charge in [0.1, 0.15) is 0 Å². The molecule has 0 radical (unpaired) electrons. The number of hydrogen-bond acceptors (Lipinski definition) is 2. The standard InChI is InChI=1S/C13H19ClN2O/c1-9(2)6-7-15-11-4-5-13(12(14)8-11)16-10(3)17/h4-5,8-9,15H,6-7H2,1-3H3,(H,16,17). The molecule has 1 aromatic rings. The molecule has 17 heavy (non-hydrogen) atoms. The molecule has 1 aromatic carbocycles. The van der Waals surface area contributed by atoms with Crippen molar-refractivity contribution in [3.05, 3.63) is 23.2 Å². The Morgan fingerprint density at radius 1 is 1.41 bits per heavy atom. The molecule has 0 spiro atoms. The fraction of sp³-hybridized carbons (Fsp3) is 0.462. The lowest BCUT2D eigenvalue weighted by Crippen LogP contribution is -2.07. The number of nitrogens with one attached hydrogen (secondary N) is 2. The van der Waals surface area contributed by atoms with Gasteiger partial charge in [-0.2, -0.15) is 0 Å². The predicted octanol–water partition coefficient (Wildman–Crippen LogP) is 3.76. The first-order valence-corrected chi connectivity index (χ1v) is 6.18. The molecule has 1 rings (SSSR count). The number of anilines is 2. The van der Waals surface area contributed by atoms with Gasteiger partial charge in [-0.3, -0.25) is 4.79 Å². The van der Waals surface area contributed by atoms with Gasteiger partial charge in [0.15, 0.2) is 0 Å². The average Bonchev–Trinajstić information content (AvgIpc) is 2.21. The van der Waals surface area contributed by atoms with Crippen molar-refractivity contribution in [2.45, 2.75) is 27.2 Å². The van der Waals surface area contributed by atoms with Crippen LogP contribution >= 0.6 is 11.6 Å². The summed E-state index contributed by atoms with van der Waals surface area (Å²) in [5, 5.41) is 6.53. The Morgan fingerprint density at radius 2 is 2.12 bits per heavy atom. The van der Waals surface area contributed by atoms with Crippen molar-refractivity contribution in [2.75, 3.05) is 17.2 Å². The zero-order valence-corrected chi connectivity index (χ0v) is 11.3. The molecule has 0 saturated carbocycles. The molecule has 0 heterocycles. The predicted molar refractivity (Wildman–Crippen MR) is 73.7 cm³/mol. The number of hydrogen-bond donors (Lipinski definition) is 2. The van der Waals surface area contributed by atoms with Crippen LogP contribution in [0.15, 0.2) is 18.2 Å². The van der Waals surface area contributed by atoms with E-state index in [1.54, 1.807) is 6.07 Å². The van der Waals surface area contributed by atoms with Gasteiger partial charge in [-0.05, 0) is 30.5 Å². The minimum absolute atomic E-state index is 0.118. The summed E-state index contributed by atoms with van der Waals surface area (Å²) in [4.78, 5) is 10.9. The molecule has 0 aromatic heterocycles. The summed E-state index contributed by atoms with van der Waals surface area (Å²) in [7, 11) is 0. The third-order valence-corrected chi connectivity index (χ3v) is 2.64. The molecule has 0 aliphatic carbocycles. The van der Waals surface area contributed by atoms with Gasteiger partial charge >= 0.3 is 0 Å². The summed E-state index contributed by atoms with van der Waals surface area (Å²) in [6.07, 6.45) is 1.12. The Hall–Kier alpha value is -1.22. The molecule has 0 unspecified atom stereocenters. The highest BCUT2D eigenvalue weighted by molar-refractivity contribution is 6.34. The Kier molecular flexibility index (Phi) is 5.29. The quantitative estimate of drug-likeness (QED) is 0.840. The molecule has 1 amide bonds. The van der Waals surface area contributed by atoms with Gasteiger partial charge < -0.3 is 10.6 Å². The van der Waals surface area contributed by atoms with E-state index < -0.39 is 0 Å². The van der Waals surface area contributed by atoms with Crippen molar-refractivity contribution in [1.82, 2.24) is 0 Å². The van der Waals surface area contributed by atoms with Crippen LogP contribution in [-0.4, -0.2) is 12.5 Å². The molecule has 0 bridgehead atoms. The third-order valence-electron chi connectivity index (χ3n) is 2.33. The van der Waals surface area contributed by atoms with Crippen LogP contribution in [0.3, 0.4) is 0 Å². The highest BCUT2D eigenvalue weighted by Crippen LogP contribution is 2.25. The Morgan fingerprint density at radius 3 is 2.65 bits per heavy atom. The first-order valence-electron chi connectivity index (χ1n) is 5.80. The zero-order valence-electron chi connectivity index (χ0n) is 10.5. The Labute approximate surface area is 108 Å².